The Balaban J connectivity index is 2.29. The van der Waals surface area contributed by atoms with Crippen LogP contribution in [0.4, 0.5) is 0 Å². The van der Waals surface area contributed by atoms with Gasteiger partial charge in [0.15, 0.2) is 0 Å². The minimum absolute atomic E-state index is 0.605. The van der Waals surface area contributed by atoms with E-state index in [2.05, 4.69) is 24.4 Å². The third-order valence-corrected chi connectivity index (χ3v) is 3.42. The summed E-state index contributed by atoms with van der Waals surface area (Å²) in [6.07, 6.45) is 1.20. The minimum Gasteiger partial charge on any atom is -0.492 e. The van der Waals surface area contributed by atoms with E-state index in [1.54, 1.807) is 0 Å². The Bertz CT molecular complexity index is 372. The quantitative estimate of drug-likeness (QED) is 0.875. The second kappa shape index (κ2) is 5.07. The van der Waals surface area contributed by atoms with Gasteiger partial charge < -0.3 is 10.1 Å². The van der Waals surface area contributed by atoms with E-state index in [0.717, 1.165) is 23.9 Å². The Morgan fingerprint density at radius 2 is 2.31 bits per heavy atom. The first kappa shape index (κ1) is 11.7. The normalized spacial score (nSPS) is 20.1. The van der Waals surface area contributed by atoms with Crippen molar-refractivity contribution < 1.29 is 4.74 Å². The summed E-state index contributed by atoms with van der Waals surface area (Å²) in [4.78, 5) is 0. The molecule has 1 atom stereocenters. The highest BCUT2D eigenvalue weighted by molar-refractivity contribution is 6.32. The zero-order chi connectivity index (χ0) is 11.5. The molecule has 0 bridgehead atoms. The molecular formula is C13H18ClNO. The number of aryl methyl sites for hydroxylation is 1. The van der Waals surface area contributed by atoms with Crippen LogP contribution in [0.2, 0.25) is 5.02 Å². The molecule has 0 saturated carbocycles. The van der Waals surface area contributed by atoms with E-state index < -0.39 is 0 Å². The first-order valence-corrected chi connectivity index (χ1v) is 6.23. The van der Waals surface area contributed by atoms with Crippen LogP contribution in [0.1, 0.15) is 30.4 Å². The fourth-order valence-electron chi connectivity index (χ4n) is 2.30. The number of hydrogen-bond acceptors (Lipinski definition) is 2. The highest BCUT2D eigenvalue weighted by Crippen LogP contribution is 2.33. The zero-order valence-electron chi connectivity index (χ0n) is 9.85. The van der Waals surface area contributed by atoms with Crippen molar-refractivity contribution >= 4 is 11.6 Å². The summed E-state index contributed by atoms with van der Waals surface area (Å²) in [6.45, 7) is 6.93. The second-order valence-electron chi connectivity index (χ2n) is 4.26. The zero-order valence-corrected chi connectivity index (χ0v) is 10.6. The summed E-state index contributed by atoms with van der Waals surface area (Å²) in [6, 6.07) is 4.12. The maximum Gasteiger partial charge on any atom is 0.138 e. The van der Waals surface area contributed by atoms with E-state index in [4.69, 9.17) is 16.3 Å². The van der Waals surface area contributed by atoms with Gasteiger partial charge >= 0.3 is 0 Å². The summed E-state index contributed by atoms with van der Waals surface area (Å²) in [5.41, 5.74) is 2.64. The van der Waals surface area contributed by atoms with E-state index in [1.807, 2.05) is 6.92 Å². The van der Waals surface area contributed by atoms with Crippen molar-refractivity contribution in [2.24, 2.45) is 0 Å². The predicted molar refractivity (Wildman–Crippen MR) is 67.6 cm³/mol. The van der Waals surface area contributed by atoms with Crippen LogP contribution in [0.3, 0.4) is 0 Å². The van der Waals surface area contributed by atoms with Gasteiger partial charge in [-0.2, -0.15) is 0 Å². The monoisotopic (exact) mass is 239 g/mol. The van der Waals surface area contributed by atoms with Crippen LogP contribution in [-0.4, -0.2) is 19.7 Å². The lowest BCUT2D eigenvalue weighted by atomic mass is 9.94. The molecule has 0 aliphatic carbocycles. The molecule has 0 aromatic heterocycles. The minimum atomic E-state index is 0.605. The van der Waals surface area contributed by atoms with E-state index in [9.17, 15) is 0 Å². The van der Waals surface area contributed by atoms with Crippen molar-refractivity contribution in [3.63, 3.8) is 0 Å². The predicted octanol–water partition coefficient (Wildman–Crippen LogP) is 3.12. The van der Waals surface area contributed by atoms with Gasteiger partial charge in [0.1, 0.15) is 5.75 Å². The first-order valence-electron chi connectivity index (χ1n) is 5.86. The molecule has 0 amide bonds. The molecule has 1 aliphatic rings. The van der Waals surface area contributed by atoms with Crippen molar-refractivity contribution in [3.05, 3.63) is 28.3 Å². The molecule has 1 N–H and O–H groups in total. The molecule has 2 nitrogen and oxygen atoms in total. The van der Waals surface area contributed by atoms with Crippen LogP contribution < -0.4 is 10.1 Å². The molecule has 16 heavy (non-hydrogen) atoms. The van der Waals surface area contributed by atoms with Crippen LogP contribution in [0, 0.1) is 6.92 Å². The maximum atomic E-state index is 6.21. The number of hydrogen-bond donors (Lipinski definition) is 1. The van der Waals surface area contributed by atoms with Gasteiger partial charge in [-0.25, -0.2) is 0 Å². The van der Waals surface area contributed by atoms with Crippen LogP contribution in [0.15, 0.2) is 12.1 Å². The number of benzene rings is 1. The summed E-state index contributed by atoms with van der Waals surface area (Å²) >= 11 is 6.21. The topological polar surface area (TPSA) is 21.3 Å². The van der Waals surface area contributed by atoms with Gasteiger partial charge in [0.2, 0.25) is 0 Å². The molecule has 1 fully saturated rings. The smallest absolute Gasteiger partial charge is 0.138 e. The lowest BCUT2D eigenvalue weighted by Crippen LogP contribution is -2.09. The van der Waals surface area contributed by atoms with Crippen molar-refractivity contribution in [3.8, 4) is 5.75 Å². The molecule has 3 heteroatoms. The van der Waals surface area contributed by atoms with Crippen molar-refractivity contribution in [1.82, 2.24) is 5.32 Å². The largest absolute Gasteiger partial charge is 0.492 e. The Morgan fingerprint density at radius 1 is 1.50 bits per heavy atom. The molecule has 2 rings (SSSR count). The average molecular weight is 240 g/mol. The lowest BCUT2D eigenvalue weighted by molar-refractivity contribution is 0.340. The summed E-state index contributed by atoms with van der Waals surface area (Å²) < 4.78 is 5.49. The standard InChI is InChI=1S/C13H18ClNO/c1-3-16-13-6-9(2)11(7-12(13)14)10-4-5-15-8-10/h6-7,10,15H,3-5,8H2,1-2H3. The van der Waals surface area contributed by atoms with Gasteiger partial charge in [-0.3, -0.25) is 0 Å². The van der Waals surface area contributed by atoms with Gasteiger partial charge in [0, 0.05) is 6.54 Å². The number of rotatable bonds is 3. The van der Waals surface area contributed by atoms with Crippen molar-refractivity contribution in [1.29, 1.82) is 0 Å². The van der Waals surface area contributed by atoms with Crippen LogP contribution >= 0.6 is 11.6 Å². The Labute approximate surface area is 102 Å². The summed E-state index contributed by atoms with van der Waals surface area (Å²) in [7, 11) is 0. The second-order valence-corrected chi connectivity index (χ2v) is 4.67. The lowest BCUT2D eigenvalue weighted by Gasteiger charge is -2.15. The fraction of sp³-hybridized carbons (Fsp3) is 0.538. The van der Waals surface area contributed by atoms with Gasteiger partial charge in [0.25, 0.3) is 0 Å². The van der Waals surface area contributed by atoms with Crippen LogP contribution in [-0.2, 0) is 0 Å². The Morgan fingerprint density at radius 3 is 2.94 bits per heavy atom. The number of ether oxygens (including phenoxy) is 1. The van der Waals surface area contributed by atoms with Crippen LogP contribution in [0.25, 0.3) is 0 Å². The highest BCUT2D eigenvalue weighted by Gasteiger charge is 2.19. The SMILES string of the molecule is CCOc1cc(C)c(C2CCNC2)cc1Cl. The molecule has 88 valence electrons. The molecule has 1 unspecified atom stereocenters. The molecule has 1 aromatic carbocycles. The van der Waals surface area contributed by atoms with Crippen LogP contribution in [0.5, 0.6) is 5.75 Å². The van der Waals surface area contributed by atoms with E-state index in [0.29, 0.717) is 12.5 Å². The molecule has 1 aliphatic heterocycles. The van der Waals surface area contributed by atoms with Gasteiger partial charge in [-0.05, 0) is 56.0 Å². The van der Waals surface area contributed by atoms with Gasteiger partial charge in [-0.1, -0.05) is 11.6 Å². The molecule has 0 radical (unpaired) electrons. The molecule has 0 spiro atoms. The van der Waals surface area contributed by atoms with Crippen molar-refractivity contribution in [2.45, 2.75) is 26.2 Å². The number of nitrogens with one attached hydrogen (secondary N) is 1. The van der Waals surface area contributed by atoms with E-state index in [-0.39, 0.29) is 0 Å². The van der Waals surface area contributed by atoms with E-state index in [1.165, 1.54) is 17.5 Å². The van der Waals surface area contributed by atoms with E-state index >= 15 is 0 Å². The van der Waals surface area contributed by atoms with Gasteiger partial charge in [0.05, 0.1) is 11.6 Å². The average Bonchev–Trinajstić information content (AvgIpc) is 2.76. The third-order valence-electron chi connectivity index (χ3n) is 3.12. The Hall–Kier alpha value is -0.730. The molecule has 1 heterocycles. The fourth-order valence-corrected chi connectivity index (χ4v) is 2.52. The molecule has 1 aromatic rings. The molecular weight excluding hydrogens is 222 g/mol. The third kappa shape index (κ3) is 2.33. The molecule has 1 saturated heterocycles. The first-order chi connectivity index (χ1) is 7.72. The van der Waals surface area contributed by atoms with Crippen molar-refractivity contribution in [2.75, 3.05) is 19.7 Å². The maximum absolute atomic E-state index is 6.21. The summed E-state index contributed by atoms with van der Waals surface area (Å²) in [5, 5.41) is 4.11. The summed E-state index contributed by atoms with van der Waals surface area (Å²) in [5.74, 6) is 1.41. The van der Waals surface area contributed by atoms with Gasteiger partial charge in [-0.15, -0.1) is 0 Å². The highest BCUT2D eigenvalue weighted by atomic mass is 35.5. The number of halogens is 1. The Kier molecular flexibility index (Phi) is 3.72.